The number of carboxylic acids is 1. The molecule has 126 valence electrons. The summed E-state index contributed by atoms with van der Waals surface area (Å²) >= 11 is 1.36. The topological polar surface area (TPSA) is 111 Å². The largest absolute Gasteiger partial charge is 0.481 e. The molecule has 8 nitrogen and oxygen atoms in total. The Morgan fingerprint density at radius 1 is 1.36 bits per heavy atom. The maximum absolute atomic E-state index is 12.6. The number of hydrogen-bond acceptors (Lipinski definition) is 7. The van der Waals surface area contributed by atoms with Gasteiger partial charge in [-0.05, 0) is 18.2 Å². The van der Waals surface area contributed by atoms with Crippen molar-refractivity contribution in [2.75, 3.05) is 0 Å². The summed E-state index contributed by atoms with van der Waals surface area (Å²) in [5.41, 5.74) is 0.557. The third-order valence-electron chi connectivity index (χ3n) is 3.42. The van der Waals surface area contributed by atoms with E-state index in [9.17, 15) is 9.59 Å². The van der Waals surface area contributed by atoms with Crippen LogP contribution in [-0.2, 0) is 17.8 Å². The first kappa shape index (κ1) is 16.7. The molecule has 0 bridgehead atoms. The fraction of sp³-hybridized carbons (Fsp3) is 0.125. The molecule has 1 N–H and O–H groups in total. The number of carbonyl (C=O) groups is 1. The smallest absolute Gasteiger partial charge is 0.309 e. The van der Waals surface area contributed by atoms with Crippen molar-refractivity contribution in [3.63, 3.8) is 0 Å². The van der Waals surface area contributed by atoms with Crippen molar-refractivity contribution in [1.82, 2.24) is 25.0 Å². The molecule has 0 aliphatic rings. The first-order valence-electron chi connectivity index (χ1n) is 7.21. The number of aliphatic carboxylic acids is 1. The third-order valence-corrected chi connectivity index (χ3v) is 4.47. The van der Waals surface area contributed by atoms with Gasteiger partial charge >= 0.3 is 5.97 Å². The summed E-state index contributed by atoms with van der Waals surface area (Å²) in [4.78, 5) is 28.9. The lowest BCUT2D eigenvalue weighted by atomic mass is 10.2. The monoisotopic (exact) mass is 355 g/mol. The van der Waals surface area contributed by atoms with Crippen LogP contribution in [0.15, 0.2) is 30.2 Å². The first-order valence-corrected chi connectivity index (χ1v) is 8.03. The van der Waals surface area contributed by atoms with Crippen LogP contribution in [0.4, 0.5) is 0 Å². The van der Waals surface area contributed by atoms with Gasteiger partial charge in [-0.25, -0.2) is 9.67 Å². The van der Waals surface area contributed by atoms with E-state index in [-0.39, 0.29) is 24.2 Å². The number of fused-ring (bicyclic) bond motifs is 1. The van der Waals surface area contributed by atoms with E-state index in [2.05, 4.69) is 33.4 Å². The predicted octanol–water partition coefficient (Wildman–Crippen LogP) is 1.60. The Morgan fingerprint density at radius 3 is 2.80 bits per heavy atom. The zero-order chi connectivity index (χ0) is 18.0. The lowest BCUT2D eigenvalue weighted by Crippen LogP contribution is -2.26. The molecule has 3 aromatic heterocycles. The Labute approximate surface area is 145 Å². The van der Waals surface area contributed by atoms with E-state index in [0.717, 1.165) is 9.56 Å². The van der Waals surface area contributed by atoms with Gasteiger partial charge in [-0.2, -0.15) is 10.2 Å². The molecule has 0 atom stereocenters. The normalized spacial score (nSPS) is 10.7. The van der Waals surface area contributed by atoms with Crippen molar-refractivity contribution in [2.24, 2.45) is 0 Å². The van der Waals surface area contributed by atoms with Gasteiger partial charge in [-0.1, -0.05) is 13.2 Å². The van der Waals surface area contributed by atoms with Crippen LogP contribution in [0.2, 0.25) is 0 Å². The van der Waals surface area contributed by atoms with Crippen LogP contribution in [0, 0.1) is 0 Å². The average molecular weight is 355 g/mol. The maximum atomic E-state index is 12.6. The summed E-state index contributed by atoms with van der Waals surface area (Å²) < 4.78 is 1.16. The van der Waals surface area contributed by atoms with Crippen LogP contribution in [0.5, 0.6) is 0 Å². The van der Waals surface area contributed by atoms with Crippen molar-refractivity contribution >= 4 is 40.4 Å². The van der Waals surface area contributed by atoms with Gasteiger partial charge in [-0.15, -0.1) is 16.4 Å². The number of nitrogens with zero attached hydrogens (tertiary/aromatic N) is 5. The van der Waals surface area contributed by atoms with Crippen LogP contribution in [0.25, 0.3) is 23.1 Å². The molecule has 3 rings (SSSR count). The summed E-state index contributed by atoms with van der Waals surface area (Å²) in [5.74, 6) is -1.05. The third kappa shape index (κ3) is 3.22. The van der Waals surface area contributed by atoms with Crippen LogP contribution in [-0.4, -0.2) is 36.0 Å². The standard InChI is InChI=1S/C16H13N5O3S/c1-3-10-12(4-2)25-13(18-10)8-21-16(24)15-9(5-6-17-19-15)11(20-21)7-14(22)23/h3-6H,1-2,7-8H2,(H,22,23). The Bertz CT molecular complexity index is 1030. The molecule has 0 unspecified atom stereocenters. The number of hydrogen-bond donors (Lipinski definition) is 1. The van der Waals surface area contributed by atoms with Gasteiger partial charge < -0.3 is 5.11 Å². The first-order chi connectivity index (χ1) is 12.0. The molecular weight excluding hydrogens is 342 g/mol. The molecule has 3 aromatic rings. The minimum atomic E-state index is -1.05. The molecule has 0 aliphatic carbocycles. The van der Waals surface area contributed by atoms with E-state index in [0.29, 0.717) is 16.1 Å². The van der Waals surface area contributed by atoms with E-state index in [4.69, 9.17) is 5.11 Å². The highest BCUT2D eigenvalue weighted by Gasteiger charge is 2.16. The number of aromatic nitrogens is 5. The van der Waals surface area contributed by atoms with Crippen LogP contribution >= 0.6 is 11.3 Å². The fourth-order valence-electron chi connectivity index (χ4n) is 2.35. The Morgan fingerprint density at radius 2 is 2.16 bits per heavy atom. The predicted molar refractivity (Wildman–Crippen MR) is 94.3 cm³/mol. The Kier molecular flexibility index (Phi) is 4.48. The maximum Gasteiger partial charge on any atom is 0.309 e. The summed E-state index contributed by atoms with van der Waals surface area (Å²) in [6.07, 6.45) is 4.34. The van der Waals surface area contributed by atoms with E-state index in [1.165, 1.54) is 23.6 Å². The van der Waals surface area contributed by atoms with Crippen molar-refractivity contribution < 1.29 is 9.90 Å². The highest BCUT2D eigenvalue weighted by atomic mass is 32.1. The second-order valence-electron chi connectivity index (χ2n) is 5.04. The van der Waals surface area contributed by atoms with Crippen LogP contribution < -0.4 is 5.56 Å². The van der Waals surface area contributed by atoms with E-state index in [1.54, 1.807) is 12.2 Å². The quantitative estimate of drug-likeness (QED) is 0.715. The zero-order valence-electron chi connectivity index (χ0n) is 13.0. The molecule has 0 amide bonds. The number of rotatable bonds is 6. The Balaban J connectivity index is 2.12. The van der Waals surface area contributed by atoms with Crippen molar-refractivity contribution in [2.45, 2.75) is 13.0 Å². The SMILES string of the molecule is C=Cc1nc(Cn2nc(CC(=O)O)c3ccnnc3c2=O)sc1C=C. The van der Waals surface area contributed by atoms with E-state index < -0.39 is 11.5 Å². The van der Waals surface area contributed by atoms with Gasteiger partial charge in [0.2, 0.25) is 0 Å². The van der Waals surface area contributed by atoms with Gasteiger partial charge in [0.15, 0.2) is 5.52 Å². The second-order valence-corrected chi connectivity index (χ2v) is 6.15. The second kappa shape index (κ2) is 6.73. The van der Waals surface area contributed by atoms with Gasteiger partial charge in [0.05, 0.1) is 35.4 Å². The van der Waals surface area contributed by atoms with Crippen LogP contribution in [0.1, 0.15) is 21.3 Å². The van der Waals surface area contributed by atoms with Crippen molar-refractivity contribution in [3.05, 3.63) is 57.0 Å². The van der Waals surface area contributed by atoms with Gasteiger partial charge in [0, 0.05) is 5.39 Å². The molecule has 0 aromatic carbocycles. The molecule has 0 saturated carbocycles. The summed E-state index contributed by atoms with van der Waals surface area (Å²) in [6, 6.07) is 1.54. The fourth-order valence-corrected chi connectivity index (χ4v) is 3.25. The molecule has 0 aliphatic heterocycles. The number of thiazole rings is 1. The van der Waals surface area contributed by atoms with Gasteiger partial charge in [0.1, 0.15) is 5.01 Å². The average Bonchev–Trinajstić information content (AvgIpc) is 3.00. The molecule has 0 fully saturated rings. The molecule has 3 heterocycles. The lowest BCUT2D eigenvalue weighted by Gasteiger charge is -2.07. The van der Waals surface area contributed by atoms with Gasteiger partial charge in [-0.3, -0.25) is 9.59 Å². The van der Waals surface area contributed by atoms with Gasteiger partial charge in [0.25, 0.3) is 5.56 Å². The minimum Gasteiger partial charge on any atom is -0.481 e. The van der Waals surface area contributed by atoms with Crippen molar-refractivity contribution in [3.8, 4) is 0 Å². The Hall–Kier alpha value is -3.20. The molecule has 9 heteroatoms. The zero-order valence-corrected chi connectivity index (χ0v) is 13.9. The molecule has 25 heavy (non-hydrogen) atoms. The minimum absolute atomic E-state index is 0.0817. The lowest BCUT2D eigenvalue weighted by molar-refractivity contribution is -0.136. The number of carboxylic acid groups (broad SMARTS) is 1. The molecule has 0 radical (unpaired) electrons. The van der Waals surface area contributed by atoms with Crippen LogP contribution in [0.3, 0.4) is 0 Å². The van der Waals surface area contributed by atoms with Crippen molar-refractivity contribution in [1.29, 1.82) is 0 Å². The van der Waals surface area contributed by atoms with E-state index >= 15 is 0 Å². The molecular formula is C16H13N5O3S. The highest BCUT2D eigenvalue weighted by Crippen LogP contribution is 2.21. The molecule has 0 saturated heterocycles. The summed E-state index contributed by atoms with van der Waals surface area (Å²) in [6.45, 7) is 7.51. The highest BCUT2D eigenvalue weighted by molar-refractivity contribution is 7.12. The summed E-state index contributed by atoms with van der Waals surface area (Å²) in [5, 5.41) is 21.8. The van der Waals surface area contributed by atoms with E-state index in [1.807, 2.05) is 0 Å². The summed E-state index contributed by atoms with van der Waals surface area (Å²) in [7, 11) is 0. The molecule has 0 spiro atoms.